The molecule has 33 heavy (non-hydrogen) atoms. The lowest BCUT2D eigenvalue weighted by atomic mass is 9.94. The second kappa shape index (κ2) is 9.38. The van der Waals surface area contributed by atoms with Gasteiger partial charge in [0.1, 0.15) is 0 Å². The Bertz CT molecular complexity index is 1270. The lowest BCUT2D eigenvalue weighted by molar-refractivity contribution is 0.397. The first-order valence-electron chi connectivity index (χ1n) is 11.0. The minimum absolute atomic E-state index is 0.171. The van der Waals surface area contributed by atoms with Crippen LogP contribution in [0.5, 0.6) is 0 Å². The third-order valence-corrected chi connectivity index (χ3v) is 6.22. The van der Waals surface area contributed by atoms with Crippen molar-refractivity contribution < 1.29 is 4.52 Å². The molecule has 1 N–H and O–H groups in total. The van der Waals surface area contributed by atoms with Gasteiger partial charge in [-0.15, -0.1) is 0 Å². The normalized spacial score (nSPS) is 16.1. The number of nitrogens with zero attached hydrogens (tertiary/aromatic N) is 3. The van der Waals surface area contributed by atoms with Gasteiger partial charge in [0.25, 0.3) is 5.89 Å². The van der Waals surface area contributed by atoms with Crippen LogP contribution in [0, 0.1) is 0 Å². The van der Waals surface area contributed by atoms with Gasteiger partial charge >= 0.3 is 0 Å². The summed E-state index contributed by atoms with van der Waals surface area (Å²) in [5, 5.41) is 8.48. The number of allylic oxidation sites excluding steroid dienone is 1. The summed E-state index contributed by atoms with van der Waals surface area (Å²) >= 11 is 5.80. The van der Waals surface area contributed by atoms with Crippen LogP contribution in [0.1, 0.15) is 30.0 Å². The molecule has 0 saturated carbocycles. The molecule has 0 fully saturated rings. The fourth-order valence-electron chi connectivity index (χ4n) is 4.15. The Morgan fingerprint density at radius 2 is 1.55 bits per heavy atom. The molecule has 6 heteroatoms. The molecule has 0 spiro atoms. The van der Waals surface area contributed by atoms with E-state index in [1.165, 1.54) is 5.56 Å². The molecule has 0 aliphatic carbocycles. The van der Waals surface area contributed by atoms with Crippen LogP contribution in [0.4, 0.5) is 0 Å². The second-order valence-electron chi connectivity index (χ2n) is 7.97. The summed E-state index contributed by atoms with van der Waals surface area (Å²) in [6.07, 6.45) is 0.877. The smallest absolute Gasteiger partial charge is 0.258 e. The molecule has 164 valence electrons. The van der Waals surface area contributed by atoms with Gasteiger partial charge in [0.2, 0.25) is 5.82 Å². The van der Waals surface area contributed by atoms with Gasteiger partial charge in [-0.1, -0.05) is 96.2 Å². The van der Waals surface area contributed by atoms with Crippen LogP contribution < -0.4 is 5.32 Å². The van der Waals surface area contributed by atoms with E-state index in [1.54, 1.807) is 0 Å². The summed E-state index contributed by atoms with van der Waals surface area (Å²) in [6, 6.07) is 30.3. The summed E-state index contributed by atoms with van der Waals surface area (Å²) < 4.78 is 5.80. The highest BCUT2D eigenvalue weighted by atomic mass is 32.1. The van der Waals surface area contributed by atoms with Gasteiger partial charge in [-0.3, -0.25) is 0 Å². The summed E-state index contributed by atoms with van der Waals surface area (Å²) in [5.74, 6) is 1.07. The zero-order chi connectivity index (χ0) is 22.6. The second-order valence-corrected chi connectivity index (χ2v) is 8.36. The van der Waals surface area contributed by atoms with E-state index >= 15 is 0 Å². The number of nitrogens with one attached hydrogen (secondary N) is 1. The molecule has 0 saturated heterocycles. The highest BCUT2D eigenvalue weighted by molar-refractivity contribution is 7.80. The quantitative estimate of drug-likeness (QED) is 0.382. The first-order chi connectivity index (χ1) is 16.2. The molecule has 3 aromatic carbocycles. The maximum atomic E-state index is 5.80. The van der Waals surface area contributed by atoms with Gasteiger partial charge in [-0.25, -0.2) is 0 Å². The fourth-order valence-corrected chi connectivity index (χ4v) is 4.49. The highest BCUT2D eigenvalue weighted by Gasteiger charge is 2.33. The molecule has 4 aromatic rings. The standard InChI is InChI=1S/C27H24N4OS/c1-19-23(26-29-25(30-32-26)22-15-9-4-10-16-22)24(21-13-7-3-8-14-21)28-27(33)31(19)18-17-20-11-5-2-6-12-20/h2-16,24H,17-18H2,1H3,(H,28,33). The number of rotatable bonds is 6. The van der Waals surface area contributed by atoms with E-state index in [1.807, 2.05) is 54.6 Å². The molecule has 5 nitrogen and oxygen atoms in total. The van der Waals surface area contributed by atoms with Gasteiger partial charge < -0.3 is 14.7 Å². The SMILES string of the molecule is CC1=C(c2nc(-c3ccccc3)no2)C(c2ccccc2)NC(=S)N1CCc1ccccc1. The van der Waals surface area contributed by atoms with Gasteiger partial charge in [0, 0.05) is 17.8 Å². The number of benzene rings is 3. The molecule has 1 atom stereocenters. The minimum atomic E-state index is -0.171. The summed E-state index contributed by atoms with van der Waals surface area (Å²) in [4.78, 5) is 6.89. The van der Waals surface area contributed by atoms with Crippen LogP contribution in [0.2, 0.25) is 0 Å². The van der Waals surface area contributed by atoms with Gasteiger partial charge in [0.15, 0.2) is 5.11 Å². The van der Waals surface area contributed by atoms with Crippen LogP contribution in [-0.4, -0.2) is 26.7 Å². The number of hydrogen-bond donors (Lipinski definition) is 1. The van der Waals surface area contributed by atoms with E-state index in [9.17, 15) is 0 Å². The molecule has 0 radical (unpaired) electrons. The predicted molar refractivity (Wildman–Crippen MR) is 134 cm³/mol. The molecule has 0 bridgehead atoms. The number of thiocarbonyl (C=S) groups is 1. The molecule has 0 amide bonds. The third-order valence-electron chi connectivity index (χ3n) is 5.88. The van der Waals surface area contributed by atoms with Crippen LogP contribution in [0.15, 0.2) is 101 Å². The topological polar surface area (TPSA) is 54.2 Å². The molecule has 1 aromatic heterocycles. The maximum Gasteiger partial charge on any atom is 0.258 e. The number of aromatic nitrogens is 2. The van der Waals surface area contributed by atoms with Gasteiger partial charge in [-0.05, 0) is 36.7 Å². The lowest BCUT2D eigenvalue weighted by Crippen LogP contribution is -2.46. The van der Waals surface area contributed by atoms with Crippen LogP contribution in [0.25, 0.3) is 17.0 Å². The largest absolute Gasteiger partial charge is 0.351 e. The Morgan fingerprint density at radius 1 is 0.909 bits per heavy atom. The van der Waals surface area contributed by atoms with E-state index in [0.29, 0.717) is 16.8 Å². The highest BCUT2D eigenvalue weighted by Crippen LogP contribution is 2.37. The molecular formula is C27H24N4OS. The van der Waals surface area contributed by atoms with Crippen LogP contribution in [-0.2, 0) is 6.42 Å². The molecule has 5 rings (SSSR count). The summed E-state index contributed by atoms with van der Waals surface area (Å²) in [6.45, 7) is 2.84. The zero-order valence-electron chi connectivity index (χ0n) is 18.3. The molecule has 1 aliphatic rings. The number of hydrogen-bond acceptors (Lipinski definition) is 4. The Hall–Kier alpha value is -3.77. The summed E-state index contributed by atoms with van der Waals surface area (Å²) in [5.41, 5.74) is 5.24. The van der Waals surface area contributed by atoms with Crippen LogP contribution >= 0.6 is 12.2 Å². The Kier molecular flexibility index (Phi) is 6.00. The minimum Gasteiger partial charge on any atom is -0.351 e. The molecule has 1 unspecified atom stereocenters. The van der Waals surface area contributed by atoms with Gasteiger partial charge in [0.05, 0.1) is 11.6 Å². The Balaban J connectivity index is 1.54. The van der Waals surface area contributed by atoms with Crippen molar-refractivity contribution in [3.63, 3.8) is 0 Å². The van der Waals surface area contributed by atoms with E-state index in [-0.39, 0.29) is 6.04 Å². The van der Waals surface area contributed by atoms with E-state index in [0.717, 1.165) is 35.4 Å². The van der Waals surface area contributed by atoms with E-state index < -0.39 is 0 Å². The first kappa shape index (κ1) is 21.1. The maximum absolute atomic E-state index is 5.80. The monoisotopic (exact) mass is 452 g/mol. The van der Waals surface area contributed by atoms with Gasteiger partial charge in [-0.2, -0.15) is 4.98 Å². The van der Waals surface area contributed by atoms with Crippen molar-refractivity contribution in [3.05, 3.63) is 114 Å². The van der Waals surface area contributed by atoms with E-state index in [4.69, 9.17) is 21.7 Å². The molecular weight excluding hydrogens is 428 g/mol. The van der Waals surface area contributed by atoms with Crippen molar-refractivity contribution in [3.8, 4) is 11.4 Å². The first-order valence-corrected chi connectivity index (χ1v) is 11.4. The Labute approximate surface area is 198 Å². The Morgan fingerprint density at radius 3 is 2.24 bits per heavy atom. The fraction of sp³-hybridized carbons (Fsp3) is 0.148. The lowest BCUT2D eigenvalue weighted by Gasteiger charge is -2.37. The van der Waals surface area contributed by atoms with Crippen molar-refractivity contribution in [2.45, 2.75) is 19.4 Å². The van der Waals surface area contributed by atoms with E-state index in [2.05, 4.69) is 58.7 Å². The van der Waals surface area contributed by atoms with Crippen LogP contribution in [0.3, 0.4) is 0 Å². The van der Waals surface area contributed by atoms with Crippen molar-refractivity contribution in [2.24, 2.45) is 0 Å². The average Bonchev–Trinajstić information content (AvgIpc) is 3.35. The van der Waals surface area contributed by atoms with Crippen molar-refractivity contribution in [1.29, 1.82) is 0 Å². The summed E-state index contributed by atoms with van der Waals surface area (Å²) in [7, 11) is 0. The third kappa shape index (κ3) is 4.43. The van der Waals surface area contributed by atoms with Crippen molar-refractivity contribution >= 4 is 22.9 Å². The predicted octanol–water partition coefficient (Wildman–Crippen LogP) is 5.64. The zero-order valence-corrected chi connectivity index (χ0v) is 19.1. The molecule has 2 heterocycles. The van der Waals surface area contributed by atoms with Crippen molar-refractivity contribution in [2.75, 3.05) is 6.54 Å². The molecule has 1 aliphatic heterocycles. The van der Waals surface area contributed by atoms with Crippen molar-refractivity contribution in [1.82, 2.24) is 20.4 Å². The average molecular weight is 453 g/mol.